The van der Waals surface area contributed by atoms with E-state index in [-0.39, 0.29) is 5.91 Å². The average molecular weight is 481 g/mol. The second kappa shape index (κ2) is 10.5. The van der Waals surface area contributed by atoms with Crippen LogP contribution in [-0.2, 0) is 11.3 Å². The lowest BCUT2D eigenvalue weighted by molar-refractivity contribution is -0.116. The lowest BCUT2D eigenvalue weighted by Crippen LogP contribution is -2.44. The molecule has 9 heteroatoms. The van der Waals surface area contributed by atoms with E-state index >= 15 is 0 Å². The average Bonchev–Trinajstić information content (AvgIpc) is 2.92. The number of aromatic nitrogens is 4. The Labute approximate surface area is 209 Å². The van der Waals surface area contributed by atoms with Crippen LogP contribution in [0.3, 0.4) is 0 Å². The van der Waals surface area contributed by atoms with E-state index in [0.717, 1.165) is 65.4 Å². The summed E-state index contributed by atoms with van der Waals surface area (Å²) in [5.41, 5.74) is 4.21. The van der Waals surface area contributed by atoms with Gasteiger partial charge in [-0.15, -0.1) is 0 Å². The molecule has 9 nitrogen and oxygen atoms in total. The quantitative estimate of drug-likeness (QED) is 0.389. The van der Waals surface area contributed by atoms with Crippen LogP contribution in [0.4, 0.5) is 17.5 Å². The van der Waals surface area contributed by atoms with Crippen LogP contribution in [0.5, 0.6) is 0 Å². The Balaban J connectivity index is 1.37. The van der Waals surface area contributed by atoms with Gasteiger partial charge in [-0.1, -0.05) is 24.8 Å². The summed E-state index contributed by atoms with van der Waals surface area (Å²) in [5, 5.41) is 6.98. The predicted molar refractivity (Wildman–Crippen MR) is 142 cm³/mol. The number of hydrogen-bond donors (Lipinski definition) is 2. The maximum atomic E-state index is 11.5. The molecule has 1 amide bonds. The van der Waals surface area contributed by atoms with Crippen molar-refractivity contribution in [1.29, 1.82) is 0 Å². The number of amides is 1. The molecule has 4 heterocycles. The number of nitrogens with one attached hydrogen (secondary N) is 2. The van der Waals surface area contributed by atoms with Crippen molar-refractivity contribution in [2.24, 2.45) is 0 Å². The molecule has 4 aromatic rings. The number of rotatable bonds is 7. The molecule has 0 spiro atoms. The fourth-order valence-corrected chi connectivity index (χ4v) is 4.13. The molecular formula is C27H28N8O. The Hall–Kier alpha value is -4.37. The van der Waals surface area contributed by atoms with Crippen molar-refractivity contribution in [2.45, 2.75) is 6.54 Å². The molecule has 5 rings (SSSR count). The monoisotopic (exact) mass is 480 g/mol. The van der Waals surface area contributed by atoms with E-state index in [4.69, 9.17) is 4.98 Å². The van der Waals surface area contributed by atoms with Gasteiger partial charge in [0.2, 0.25) is 11.9 Å². The molecule has 0 unspecified atom stereocenters. The van der Waals surface area contributed by atoms with E-state index < -0.39 is 0 Å². The summed E-state index contributed by atoms with van der Waals surface area (Å²) in [6.07, 6.45) is 6.61. The first-order valence-corrected chi connectivity index (χ1v) is 11.9. The van der Waals surface area contributed by atoms with Gasteiger partial charge in [-0.05, 0) is 43.0 Å². The molecule has 0 radical (unpaired) electrons. The molecule has 0 saturated carbocycles. The summed E-state index contributed by atoms with van der Waals surface area (Å²) < 4.78 is 0. The summed E-state index contributed by atoms with van der Waals surface area (Å²) in [4.78, 5) is 34.6. The Kier molecular flexibility index (Phi) is 6.81. The number of piperazine rings is 1. The highest BCUT2D eigenvalue weighted by Crippen LogP contribution is 2.27. The van der Waals surface area contributed by atoms with Crippen LogP contribution in [0.1, 0.15) is 5.56 Å². The van der Waals surface area contributed by atoms with Gasteiger partial charge in [-0.25, -0.2) is 15.0 Å². The number of nitrogens with zero attached hydrogens (tertiary/aromatic N) is 6. The van der Waals surface area contributed by atoms with E-state index in [2.05, 4.69) is 49.0 Å². The molecule has 1 aromatic carbocycles. The molecule has 0 aliphatic carbocycles. The summed E-state index contributed by atoms with van der Waals surface area (Å²) >= 11 is 0. The molecule has 0 bridgehead atoms. The van der Waals surface area contributed by atoms with Crippen LogP contribution in [0.2, 0.25) is 0 Å². The first-order valence-electron chi connectivity index (χ1n) is 11.9. The minimum absolute atomic E-state index is 0.215. The van der Waals surface area contributed by atoms with Gasteiger partial charge in [-0.2, -0.15) is 0 Å². The van der Waals surface area contributed by atoms with Gasteiger partial charge in [-0.3, -0.25) is 9.78 Å². The van der Waals surface area contributed by atoms with Crippen LogP contribution in [0.25, 0.3) is 22.2 Å². The number of para-hydroxylation sites is 1. The minimum Gasteiger partial charge on any atom is -0.354 e. The van der Waals surface area contributed by atoms with Gasteiger partial charge >= 0.3 is 0 Å². The number of likely N-dealkylation sites (N-methyl/N-ethyl adjacent to an activating group) is 1. The third-order valence-electron chi connectivity index (χ3n) is 6.19. The second-order valence-corrected chi connectivity index (χ2v) is 8.73. The van der Waals surface area contributed by atoms with Gasteiger partial charge < -0.3 is 20.4 Å². The molecule has 2 N–H and O–H groups in total. The predicted octanol–water partition coefficient (Wildman–Crippen LogP) is 3.38. The molecule has 1 aliphatic heterocycles. The van der Waals surface area contributed by atoms with Crippen LogP contribution >= 0.6 is 0 Å². The first kappa shape index (κ1) is 23.4. The Morgan fingerprint density at radius 2 is 1.92 bits per heavy atom. The van der Waals surface area contributed by atoms with Gasteiger partial charge in [0.1, 0.15) is 5.82 Å². The Morgan fingerprint density at radius 3 is 2.69 bits per heavy atom. The zero-order valence-electron chi connectivity index (χ0n) is 20.2. The molecule has 1 aliphatic rings. The van der Waals surface area contributed by atoms with Gasteiger partial charge in [0.05, 0.1) is 23.1 Å². The number of anilines is 3. The summed E-state index contributed by atoms with van der Waals surface area (Å²) in [5.74, 6) is 1.25. The highest BCUT2D eigenvalue weighted by Gasteiger charge is 2.15. The fourth-order valence-electron chi connectivity index (χ4n) is 4.13. The Bertz CT molecular complexity index is 1380. The number of pyridine rings is 2. The lowest BCUT2D eigenvalue weighted by atomic mass is 10.1. The largest absolute Gasteiger partial charge is 0.354 e. The van der Waals surface area contributed by atoms with Crippen LogP contribution in [-0.4, -0.2) is 64.0 Å². The second-order valence-electron chi connectivity index (χ2n) is 8.73. The molecule has 182 valence electrons. The summed E-state index contributed by atoms with van der Waals surface area (Å²) in [7, 11) is 2.14. The van der Waals surface area contributed by atoms with Crippen molar-refractivity contribution in [3.8, 4) is 11.3 Å². The van der Waals surface area contributed by atoms with Crippen molar-refractivity contribution in [1.82, 2.24) is 30.2 Å². The van der Waals surface area contributed by atoms with E-state index in [1.54, 1.807) is 12.4 Å². The maximum absolute atomic E-state index is 11.5. The van der Waals surface area contributed by atoms with Crippen molar-refractivity contribution in [3.63, 3.8) is 0 Å². The zero-order chi connectivity index (χ0) is 24.9. The van der Waals surface area contributed by atoms with Crippen LogP contribution in [0, 0.1) is 0 Å². The number of fused-ring (bicyclic) bond motifs is 1. The number of carbonyl (C=O) groups excluding carboxylic acids is 1. The van der Waals surface area contributed by atoms with Crippen molar-refractivity contribution in [2.75, 3.05) is 43.4 Å². The first-order chi connectivity index (χ1) is 17.6. The number of hydrogen-bond acceptors (Lipinski definition) is 8. The van der Waals surface area contributed by atoms with Crippen molar-refractivity contribution < 1.29 is 4.79 Å². The highest BCUT2D eigenvalue weighted by atomic mass is 16.1. The molecular weight excluding hydrogens is 452 g/mol. The third-order valence-corrected chi connectivity index (χ3v) is 6.19. The smallest absolute Gasteiger partial charge is 0.243 e. The van der Waals surface area contributed by atoms with E-state index in [9.17, 15) is 4.79 Å². The summed E-state index contributed by atoms with van der Waals surface area (Å²) in [6.45, 7) is 7.90. The van der Waals surface area contributed by atoms with Crippen LogP contribution in [0.15, 0.2) is 73.7 Å². The number of benzene rings is 1. The molecule has 1 fully saturated rings. The lowest BCUT2D eigenvalue weighted by Gasteiger charge is -2.33. The standard InChI is InChI=1S/C27H28N8O/c1-3-25(36)30-16-19-9-10-28-23(15-19)22-6-4-5-20-17-31-27(33-26(20)22)32-21-7-8-24(29-18-21)35-13-11-34(2)12-14-35/h3-10,15,17-18H,1,11-14,16H2,2H3,(H,30,36)(H,31,32,33). The van der Waals surface area contributed by atoms with E-state index in [0.29, 0.717) is 12.5 Å². The maximum Gasteiger partial charge on any atom is 0.243 e. The SMILES string of the molecule is C=CC(=O)NCc1ccnc(-c2cccc3cnc(Nc4ccc(N5CCN(C)CC5)nc4)nc23)c1. The molecule has 0 atom stereocenters. The van der Waals surface area contributed by atoms with Crippen molar-refractivity contribution >= 4 is 34.3 Å². The topological polar surface area (TPSA) is 99.2 Å². The minimum atomic E-state index is -0.215. The molecule has 1 saturated heterocycles. The molecule has 36 heavy (non-hydrogen) atoms. The van der Waals surface area contributed by atoms with Crippen molar-refractivity contribution in [3.05, 3.63) is 79.3 Å². The van der Waals surface area contributed by atoms with E-state index in [1.165, 1.54) is 6.08 Å². The normalized spacial score (nSPS) is 14.0. The zero-order valence-corrected chi connectivity index (χ0v) is 20.2. The fraction of sp³-hybridized carbons (Fsp3) is 0.222. The summed E-state index contributed by atoms with van der Waals surface area (Å²) in [6, 6.07) is 13.8. The Morgan fingerprint density at radius 1 is 1.06 bits per heavy atom. The third kappa shape index (κ3) is 5.31. The van der Waals surface area contributed by atoms with Gasteiger partial charge in [0.25, 0.3) is 0 Å². The molecule has 3 aromatic heterocycles. The number of carbonyl (C=O) groups is 1. The van der Waals surface area contributed by atoms with E-state index in [1.807, 2.05) is 48.7 Å². The van der Waals surface area contributed by atoms with Crippen LogP contribution < -0.4 is 15.5 Å². The van der Waals surface area contributed by atoms with Gasteiger partial charge in [0, 0.05) is 56.1 Å². The van der Waals surface area contributed by atoms with Gasteiger partial charge in [0.15, 0.2) is 0 Å². The highest BCUT2D eigenvalue weighted by molar-refractivity contribution is 5.93.